The number of fused-ring (bicyclic) bond motifs is 1. The molecule has 10 heavy (non-hydrogen) atoms. The fourth-order valence-corrected chi connectivity index (χ4v) is 1.53. The average molecular weight is 136 g/mol. The first-order chi connectivity index (χ1) is 4.81. The number of hydrogen-bond acceptors (Lipinski definition) is 2. The fourth-order valence-electron chi connectivity index (χ4n) is 1.53. The van der Waals surface area contributed by atoms with Gasteiger partial charge in [0.1, 0.15) is 0 Å². The van der Waals surface area contributed by atoms with Crippen molar-refractivity contribution in [2.75, 3.05) is 6.67 Å². The number of allylic oxidation sites excluding steroid dienone is 2. The molecule has 54 valence electrons. The molecule has 0 aromatic rings. The van der Waals surface area contributed by atoms with Gasteiger partial charge in [0.05, 0.1) is 5.54 Å². The third-order valence-electron chi connectivity index (χ3n) is 2.29. The van der Waals surface area contributed by atoms with Crippen LogP contribution in [-0.4, -0.2) is 18.2 Å². The van der Waals surface area contributed by atoms with E-state index in [0.29, 0.717) is 6.04 Å². The second-order valence-electron chi connectivity index (χ2n) is 3.06. The monoisotopic (exact) mass is 136 g/mol. The Morgan fingerprint density at radius 3 is 3.20 bits per heavy atom. The van der Waals surface area contributed by atoms with E-state index < -0.39 is 0 Å². The molecule has 2 atom stereocenters. The molecule has 1 aliphatic heterocycles. The standard InChI is InChI=1S/C8H12N2/c1-8-5-3-2-4-7(8)9-6-10-8/h2-5,7,9-10H,6H2,1H3. The molecule has 0 spiro atoms. The van der Waals surface area contributed by atoms with Crippen molar-refractivity contribution < 1.29 is 0 Å². The van der Waals surface area contributed by atoms with Gasteiger partial charge in [0.15, 0.2) is 0 Å². The minimum absolute atomic E-state index is 0.161. The third kappa shape index (κ3) is 0.728. The highest BCUT2D eigenvalue weighted by atomic mass is 15.2. The summed E-state index contributed by atoms with van der Waals surface area (Å²) in [5, 5.41) is 6.74. The van der Waals surface area contributed by atoms with Gasteiger partial charge in [0.2, 0.25) is 0 Å². The molecule has 0 aromatic carbocycles. The molecule has 2 aliphatic rings. The molecular formula is C8H12N2. The van der Waals surface area contributed by atoms with Crippen molar-refractivity contribution in [3.05, 3.63) is 24.3 Å². The van der Waals surface area contributed by atoms with Crippen LogP contribution < -0.4 is 10.6 Å². The Labute approximate surface area is 61.0 Å². The van der Waals surface area contributed by atoms with Gasteiger partial charge in [-0.1, -0.05) is 24.3 Å². The van der Waals surface area contributed by atoms with Crippen LogP contribution in [0.1, 0.15) is 6.92 Å². The van der Waals surface area contributed by atoms with Crippen molar-refractivity contribution in [2.24, 2.45) is 0 Å². The van der Waals surface area contributed by atoms with Gasteiger partial charge >= 0.3 is 0 Å². The lowest BCUT2D eigenvalue weighted by atomic mass is 9.90. The molecule has 1 heterocycles. The normalized spacial score (nSPS) is 43.9. The molecule has 1 fully saturated rings. The SMILES string of the molecule is CC12C=CC=CC1NCN2. The van der Waals surface area contributed by atoms with E-state index in [0.717, 1.165) is 6.67 Å². The summed E-state index contributed by atoms with van der Waals surface area (Å²) in [6, 6.07) is 0.484. The summed E-state index contributed by atoms with van der Waals surface area (Å²) in [5.41, 5.74) is 0.161. The highest BCUT2D eigenvalue weighted by molar-refractivity contribution is 5.28. The van der Waals surface area contributed by atoms with Crippen molar-refractivity contribution in [1.82, 2.24) is 10.6 Å². The molecular weight excluding hydrogens is 124 g/mol. The van der Waals surface area contributed by atoms with Crippen LogP contribution in [0.15, 0.2) is 24.3 Å². The van der Waals surface area contributed by atoms with Crippen LogP contribution in [0.4, 0.5) is 0 Å². The zero-order valence-electron chi connectivity index (χ0n) is 6.09. The van der Waals surface area contributed by atoms with Crippen LogP contribution in [0, 0.1) is 0 Å². The van der Waals surface area contributed by atoms with E-state index in [4.69, 9.17) is 0 Å². The largest absolute Gasteiger partial charge is 0.296 e. The highest BCUT2D eigenvalue weighted by Crippen LogP contribution is 2.20. The zero-order chi connectivity index (χ0) is 7.03. The third-order valence-corrected chi connectivity index (χ3v) is 2.29. The van der Waals surface area contributed by atoms with Crippen molar-refractivity contribution in [3.63, 3.8) is 0 Å². The number of nitrogens with one attached hydrogen (secondary N) is 2. The molecule has 2 nitrogen and oxygen atoms in total. The quantitative estimate of drug-likeness (QED) is 0.503. The van der Waals surface area contributed by atoms with Crippen LogP contribution in [0.25, 0.3) is 0 Å². The van der Waals surface area contributed by atoms with E-state index in [9.17, 15) is 0 Å². The summed E-state index contributed by atoms with van der Waals surface area (Å²) in [4.78, 5) is 0. The minimum Gasteiger partial charge on any atom is -0.296 e. The Bertz CT molecular complexity index is 195. The van der Waals surface area contributed by atoms with E-state index in [2.05, 4.69) is 41.9 Å². The molecule has 0 amide bonds. The minimum atomic E-state index is 0.161. The van der Waals surface area contributed by atoms with E-state index in [1.807, 2.05) is 0 Å². The lowest BCUT2D eigenvalue weighted by Gasteiger charge is -2.27. The number of hydrogen-bond donors (Lipinski definition) is 2. The molecule has 0 saturated carbocycles. The lowest BCUT2D eigenvalue weighted by molar-refractivity contribution is 0.488. The summed E-state index contributed by atoms with van der Waals surface area (Å²) in [5.74, 6) is 0. The first-order valence-corrected chi connectivity index (χ1v) is 3.66. The molecule has 1 aliphatic carbocycles. The Morgan fingerprint density at radius 1 is 1.50 bits per heavy atom. The second-order valence-corrected chi connectivity index (χ2v) is 3.06. The molecule has 0 radical (unpaired) electrons. The summed E-state index contributed by atoms with van der Waals surface area (Å²) in [7, 11) is 0. The first kappa shape index (κ1) is 6.13. The van der Waals surface area contributed by atoms with Crippen LogP contribution in [-0.2, 0) is 0 Å². The molecule has 2 N–H and O–H groups in total. The second kappa shape index (κ2) is 1.94. The van der Waals surface area contributed by atoms with Crippen molar-refractivity contribution in [2.45, 2.75) is 18.5 Å². The Morgan fingerprint density at radius 2 is 2.40 bits per heavy atom. The first-order valence-electron chi connectivity index (χ1n) is 3.66. The number of rotatable bonds is 0. The fraction of sp³-hybridized carbons (Fsp3) is 0.500. The predicted molar refractivity (Wildman–Crippen MR) is 41.6 cm³/mol. The van der Waals surface area contributed by atoms with Gasteiger partial charge in [-0.3, -0.25) is 10.6 Å². The molecule has 0 bridgehead atoms. The maximum Gasteiger partial charge on any atom is 0.0540 e. The van der Waals surface area contributed by atoms with E-state index >= 15 is 0 Å². The maximum atomic E-state index is 3.39. The van der Waals surface area contributed by atoms with Gasteiger partial charge in [-0.15, -0.1) is 0 Å². The molecule has 2 rings (SSSR count). The lowest BCUT2D eigenvalue weighted by Crippen LogP contribution is -2.44. The Hall–Kier alpha value is -0.600. The molecule has 1 saturated heterocycles. The van der Waals surface area contributed by atoms with Gasteiger partial charge in [-0.05, 0) is 6.92 Å². The maximum absolute atomic E-state index is 3.39. The smallest absolute Gasteiger partial charge is 0.0540 e. The van der Waals surface area contributed by atoms with E-state index in [1.54, 1.807) is 0 Å². The van der Waals surface area contributed by atoms with Crippen molar-refractivity contribution in [1.29, 1.82) is 0 Å². The van der Waals surface area contributed by atoms with Crippen molar-refractivity contribution in [3.8, 4) is 0 Å². The molecule has 2 unspecified atom stereocenters. The van der Waals surface area contributed by atoms with Gasteiger partial charge in [0, 0.05) is 12.7 Å². The van der Waals surface area contributed by atoms with Gasteiger partial charge < -0.3 is 0 Å². The van der Waals surface area contributed by atoms with Gasteiger partial charge in [-0.25, -0.2) is 0 Å². The zero-order valence-corrected chi connectivity index (χ0v) is 6.09. The Kier molecular flexibility index (Phi) is 1.19. The highest BCUT2D eigenvalue weighted by Gasteiger charge is 2.34. The topological polar surface area (TPSA) is 24.1 Å². The van der Waals surface area contributed by atoms with E-state index in [1.165, 1.54) is 0 Å². The summed E-state index contributed by atoms with van der Waals surface area (Å²) < 4.78 is 0. The molecule has 2 heteroatoms. The Balaban J connectivity index is 2.30. The van der Waals surface area contributed by atoms with Gasteiger partial charge in [-0.2, -0.15) is 0 Å². The summed E-state index contributed by atoms with van der Waals surface area (Å²) >= 11 is 0. The average Bonchev–Trinajstić information content (AvgIpc) is 2.29. The summed E-state index contributed by atoms with van der Waals surface area (Å²) in [6.07, 6.45) is 8.58. The van der Waals surface area contributed by atoms with E-state index in [-0.39, 0.29) is 5.54 Å². The van der Waals surface area contributed by atoms with Gasteiger partial charge in [0.25, 0.3) is 0 Å². The van der Waals surface area contributed by atoms with Crippen molar-refractivity contribution >= 4 is 0 Å². The summed E-state index contributed by atoms with van der Waals surface area (Å²) in [6.45, 7) is 3.12. The van der Waals surface area contributed by atoms with Crippen LogP contribution in [0.3, 0.4) is 0 Å². The van der Waals surface area contributed by atoms with Crippen LogP contribution >= 0.6 is 0 Å². The van der Waals surface area contributed by atoms with Crippen LogP contribution in [0.2, 0.25) is 0 Å². The molecule has 0 aromatic heterocycles. The van der Waals surface area contributed by atoms with Crippen LogP contribution in [0.5, 0.6) is 0 Å². The predicted octanol–water partition coefficient (Wildman–Crippen LogP) is 0.390.